The van der Waals surface area contributed by atoms with Crippen LogP contribution in [0, 0.1) is 0 Å². The van der Waals surface area contributed by atoms with Gasteiger partial charge in [-0.15, -0.1) is 0 Å². The van der Waals surface area contributed by atoms with Crippen molar-refractivity contribution in [3.8, 4) is 0 Å². The van der Waals surface area contributed by atoms with Crippen molar-refractivity contribution in [3.63, 3.8) is 0 Å². The Balaban J connectivity index is 0.000000829. The quantitative estimate of drug-likeness (QED) is 0.800. The SMILES string of the molecule is CC.CC.CCC(=O)N1CCN(CC2CCCO2)CC1. The lowest BCUT2D eigenvalue weighted by Gasteiger charge is -2.35. The highest BCUT2D eigenvalue weighted by Gasteiger charge is 2.23. The van der Waals surface area contributed by atoms with E-state index in [2.05, 4.69) is 4.90 Å². The number of ether oxygens (including phenoxy) is 1. The number of amides is 1. The van der Waals surface area contributed by atoms with Crippen LogP contribution in [-0.4, -0.2) is 61.1 Å². The third kappa shape index (κ3) is 6.71. The molecule has 0 saturated carbocycles. The minimum Gasteiger partial charge on any atom is -0.377 e. The van der Waals surface area contributed by atoms with E-state index in [1.807, 2.05) is 39.5 Å². The van der Waals surface area contributed by atoms with E-state index in [0.717, 1.165) is 39.3 Å². The number of carbonyl (C=O) groups excluding carboxylic acids is 1. The van der Waals surface area contributed by atoms with Crippen LogP contribution in [-0.2, 0) is 9.53 Å². The molecule has 0 aliphatic carbocycles. The first-order chi connectivity index (χ1) is 9.79. The summed E-state index contributed by atoms with van der Waals surface area (Å²) < 4.78 is 5.63. The Morgan fingerprint density at radius 1 is 1.10 bits per heavy atom. The normalized spacial score (nSPS) is 22.4. The largest absolute Gasteiger partial charge is 0.377 e. The van der Waals surface area contributed by atoms with E-state index in [4.69, 9.17) is 4.74 Å². The molecule has 0 aromatic rings. The van der Waals surface area contributed by atoms with Crippen molar-refractivity contribution >= 4 is 5.91 Å². The summed E-state index contributed by atoms with van der Waals surface area (Å²) >= 11 is 0. The molecule has 0 aromatic carbocycles. The molecule has 120 valence electrons. The second-order valence-electron chi connectivity index (χ2n) is 4.67. The van der Waals surface area contributed by atoms with Gasteiger partial charge in [0.1, 0.15) is 0 Å². The fourth-order valence-electron chi connectivity index (χ4n) is 2.48. The maximum atomic E-state index is 11.5. The van der Waals surface area contributed by atoms with Crippen molar-refractivity contribution in [2.24, 2.45) is 0 Å². The van der Waals surface area contributed by atoms with Crippen LogP contribution in [0.3, 0.4) is 0 Å². The summed E-state index contributed by atoms with van der Waals surface area (Å²) in [7, 11) is 0. The van der Waals surface area contributed by atoms with Crippen LogP contribution >= 0.6 is 0 Å². The van der Waals surface area contributed by atoms with E-state index in [0.29, 0.717) is 12.5 Å². The maximum Gasteiger partial charge on any atom is 0.222 e. The van der Waals surface area contributed by atoms with Gasteiger partial charge in [0.05, 0.1) is 6.10 Å². The average molecular weight is 286 g/mol. The van der Waals surface area contributed by atoms with Crippen molar-refractivity contribution in [3.05, 3.63) is 0 Å². The van der Waals surface area contributed by atoms with Crippen LogP contribution in [0.1, 0.15) is 53.9 Å². The van der Waals surface area contributed by atoms with E-state index in [-0.39, 0.29) is 5.91 Å². The van der Waals surface area contributed by atoms with Gasteiger partial charge in [0.15, 0.2) is 0 Å². The molecule has 2 aliphatic rings. The monoisotopic (exact) mass is 286 g/mol. The van der Waals surface area contributed by atoms with Crippen LogP contribution < -0.4 is 0 Å². The molecule has 0 radical (unpaired) electrons. The molecule has 20 heavy (non-hydrogen) atoms. The highest BCUT2D eigenvalue weighted by molar-refractivity contribution is 5.75. The topological polar surface area (TPSA) is 32.8 Å². The fraction of sp³-hybridized carbons (Fsp3) is 0.938. The van der Waals surface area contributed by atoms with Gasteiger partial charge in [-0.25, -0.2) is 0 Å². The summed E-state index contributed by atoms with van der Waals surface area (Å²) in [6, 6.07) is 0. The van der Waals surface area contributed by atoms with Crippen molar-refractivity contribution in [2.45, 2.75) is 60.0 Å². The number of hydrogen-bond donors (Lipinski definition) is 0. The molecule has 0 spiro atoms. The molecule has 0 aromatic heterocycles. The lowest BCUT2D eigenvalue weighted by Crippen LogP contribution is -2.50. The van der Waals surface area contributed by atoms with Gasteiger partial charge < -0.3 is 9.64 Å². The molecule has 1 unspecified atom stereocenters. The first-order valence-corrected chi connectivity index (χ1v) is 8.41. The van der Waals surface area contributed by atoms with Gasteiger partial charge in [0.2, 0.25) is 5.91 Å². The molecule has 2 saturated heterocycles. The van der Waals surface area contributed by atoms with Crippen LogP contribution in [0.5, 0.6) is 0 Å². The molecule has 2 heterocycles. The third-order valence-electron chi connectivity index (χ3n) is 3.51. The van der Waals surface area contributed by atoms with Crippen molar-refractivity contribution in [1.29, 1.82) is 0 Å². The molecule has 0 bridgehead atoms. The van der Waals surface area contributed by atoms with Crippen LogP contribution in [0.2, 0.25) is 0 Å². The number of nitrogens with zero attached hydrogens (tertiary/aromatic N) is 2. The standard InChI is InChI=1S/C12H22N2O2.2C2H6/c1-2-12(15)14-7-5-13(6-8-14)10-11-4-3-9-16-11;2*1-2/h11H,2-10H2,1H3;2*1-2H3. The molecule has 0 N–H and O–H groups in total. The van der Waals surface area contributed by atoms with Crippen LogP contribution in [0.15, 0.2) is 0 Å². The molecule has 2 aliphatic heterocycles. The first-order valence-electron chi connectivity index (χ1n) is 8.41. The van der Waals surface area contributed by atoms with Crippen molar-refractivity contribution < 1.29 is 9.53 Å². The van der Waals surface area contributed by atoms with Crippen molar-refractivity contribution in [2.75, 3.05) is 39.3 Å². The molecule has 1 amide bonds. The van der Waals surface area contributed by atoms with E-state index in [1.54, 1.807) is 0 Å². The minimum absolute atomic E-state index is 0.289. The summed E-state index contributed by atoms with van der Waals surface area (Å²) in [6.45, 7) is 15.7. The second-order valence-corrected chi connectivity index (χ2v) is 4.67. The lowest BCUT2D eigenvalue weighted by molar-refractivity contribution is -0.132. The highest BCUT2D eigenvalue weighted by atomic mass is 16.5. The molecule has 2 rings (SSSR count). The van der Waals surface area contributed by atoms with Gasteiger partial charge in [0.25, 0.3) is 0 Å². The summed E-state index contributed by atoms with van der Waals surface area (Å²) in [5.74, 6) is 0.289. The Hall–Kier alpha value is -0.610. The zero-order valence-electron chi connectivity index (χ0n) is 14.2. The summed E-state index contributed by atoms with van der Waals surface area (Å²) in [5.41, 5.74) is 0. The molecular formula is C16H34N2O2. The molecule has 4 nitrogen and oxygen atoms in total. The Kier molecular flexibility index (Phi) is 11.8. The number of piperazine rings is 1. The van der Waals surface area contributed by atoms with Gasteiger partial charge >= 0.3 is 0 Å². The second kappa shape index (κ2) is 12.2. The fourth-order valence-corrected chi connectivity index (χ4v) is 2.48. The van der Waals surface area contributed by atoms with E-state index in [1.165, 1.54) is 12.8 Å². The van der Waals surface area contributed by atoms with Crippen LogP contribution in [0.4, 0.5) is 0 Å². The third-order valence-corrected chi connectivity index (χ3v) is 3.51. The van der Waals surface area contributed by atoms with E-state index >= 15 is 0 Å². The number of rotatable bonds is 3. The Morgan fingerprint density at radius 2 is 1.70 bits per heavy atom. The average Bonchev–Trinajstić information content (AvgIpc) is 3.04. The number of carbonyl (C=O) groups is 1. The predicted molar refractivity (Wildman–Crippen MR) is 85.0 cm³/mol. The van der Waals surface area contributed by atoms with Crippen LogP contribution in [0.25, 0.3) is 0 Å². The van der Waals surface area contributed by atoms with Gasteiger partial charge in [0, 0.05) is 45.8 Å². The minimum atomic E-state index is 0.289. The molecular weight excluding hydrogens is 252 g/mol. The Morgan fingerprint density at radius 3 is 2.15 bits per heavy atom. The smallest absolute Gasteiger partial charge is 0.222 e. The number of hydrogen-bond acceptors (Lipinski definition) is 3. The maximum absolute atomic E-state index is 11.5. The first kappa shape index (κ1) is 19.4. The van der Waals surface area contributed by atoms with E-state index in [9.17, 15) is 4.79 Å². The van der Waals surface area contributed by atoms with Gasteiger partial charge in [-0.1, -0.05) is 34.6 Å². The van der Waals surface area contributed by atoms with Crippen molar-refractivity contribution in [1.82, 2.24) is 9.80 Å². The highest BCUT2D eigenvalue weighted by Crippen LogP contribution is 2.14. The zero-order chi connectivity index (χ0) is 15.4. The molecule has 2 fully saturated rings. The molecule has 1 atom stereocenters. The van der Waals surface area contributed by atoms with Gasteiger partial charge in [-0.05, 0) is 12.8 Å². The van der Waals surface area contributed by atoms with Gasteiger partial charge in [-0.3, -0.25) is 9.69 Å². The van der Waals surface area contributed by atoms with E-state index < -0.39 is 0 Å². The Labute approximate surface area is 125 Å². The Bertz CT molecular complexity index is 233. The predicted octanol–water partition coefficient (Wildman–Crippen LogP) is 2.77. The zero-order valence-corrected chi connectivity index (χ0v) is 14.2. The summed E-state index contributed by atoms with van der Waals surface area (Å²) in [6.07, 6.45) is 3.48. The molecule has 4 heteroatoms. The summed E-state index contributed by atoms with van der Waals surface area (Å²) in [4.78, 5) is 15.9. The van der Waals surface area contributed by atoms with Gasteiger partial charge in [-0.2, -0.15) is 0 Å². The lowest BCUT2D eigenvalue weighted by atomic mass is 10.2. The summed E-state index contributed by atoms with van der Waals surface area (Å²) in [5, 5.41) is 0.